The summed E-state index contributed by atoms with van der Waals surface area (Å²) in [4.78, 5) is 0. The minimum absolute atomic E-state index is 0.541. The Hall–Kier alpha value is -0.780. The van der Waals surface area contributed by atoms with Crippen LogP contribution in [0.2, 0.25) is 0 Å². The standard InChI is InChI=1S/C17H22/c1-4-15(2)16(3)13-10-11-14(13)17(15,16)12-8-6-5-7-9-12/h5-9,13-14H,4,10-11H2,1-3H3/t13-,14+,15-,16-,17+/m1/s1. The van der Waals surface area contributed by atoms with Gasteiger partial charge in [0.15, 0.2) is 0 Å². The predicted molar refractivity (Wildman–Crippen MR) is 70.8 cm³/mol. The average Bonchev–Trinajstić information content (AvgIpc) is 2.70. The van der Waals surface area contributed by atoms with E-state index >= 15 is 0 Å². The highest BCUT2D eigenvalue weighted by atomic mass is 15.0. The highest BCUT2D eigenvalue weighted by Crippen LogP contribution is 2.97. The Morgan fingerprint density at radius 2 is 1.71 bits per heavy atom. The van der Waals surface area contributed by atoms with Crippen molar-refractivity contribution in [3.63, 3.8) is 0 Å². The Kier molecular flexibility index (Phi) is 1.57. The van der Waals surface area contributed by atoms with Crippen molar-refractivity contribution < 1.29 is 0 Å². The Labute approximate surface area is 104 Å². The van der Waals surface area contributed by atoms with Crippen LogP contribution in [0.1, 0.15) is 45.6 Å². The van der Waals surface area contributed by atoms with Crippen LogP contribution in [-0.2, 0) is 5.41 Å². The van der Waals surface area contributed by atoms with E-state index < -0.39 is 0 Å². The highest BCUT2D eigenvalue weighted by Gasteiger charge is 2.95. The largest absolute Gasteiger partial charge is 0.0648 e. The number of hydrogen-bond donors (Lipinski definition) is 0. The maximum atomic E-state index is 2.57. The molecule has 0 amide bonds. The second kappa shape index (κ2) is 2.63. The molecule has 0 N–H and O–H groups in total. The molecule has 0 bridgehead atoms. The zero-order chi connectivity index (χ0) is 11.9. The van der Waals surface area contributed by atoms with Gasteiger partial charge in [-0.1, -0.05) is 51.1 Å². The molecule has 3 fully saturated rings. The van der Waals surface area contributed by atoms with Crippen LogP contribution >= 0.6 is 0 Å². The summed E-state index contributed by atoms with van der Waals surface area (Å²) in [7, 11) is 0. The Morgan fingerprint density at radius 1 is 1.06 bits per heavy atom. The summed E-state index contributed by atoms with van der Waals surface area (Å²) in [5, 5.41) is 0. The van der Waals surface area contributed by atoms with E-state index in [0.29, 0.717) is 16.2 Å². The maximum absolute atomic E-state index is 2.57. The van der Waals surface area contributed by atoms with E-state index in [1.807, 2.05) is 0 Å². The predicted octanol–water partition coefficient (Wildman–Crippen LogP) is 4.40. The van der Waals surface area contributed by atoms with Gasteiger partial charge in [0.05, 0.1) is 0 Å². The van der Waals surface area contributed by atoms with Gasteiger partial charge in [-0.25, -0.2) is 0 Å². The van der Waals surface area contributed by atoms with E-state index in [9.17, 15) is 0 Å². The Bertz CT molecular complexity index is 466. The number of hydrogen-bond acceptors (Lipinski definition) is 0. The first-order chi connectivity index (χ1) is 8.14. The number of rotatable bonds is 2. The topological polar surface area (TPSA) is 0 Å². The summed E-state index contributed by atoms with van der Waals surface area (Å²) in [6.07, 6.45) is 4.31. The van der Waals surface area contributed by atoms with E-state index in [-0.39, 0.29) is 0 Å². The van der Waals surface area contributed by atoms with Crippen LogP contribution in [-0.4, -0.2) is 0 Å². The molecule has 0 heteroatoms. The van der Waals surface area contributed by atoms with Crippen molar-refractivity contribution in [2.75, 3.05) is 0 Å². The summed E-state index contributed by atoms with van der Waals surface area (Å²) in [6, 6.07) is 11.4. The van der Waals surface area contributed by atoms with Gasteiger partial charge >= 0.3 is 0 Å². The average molecular weight is 226 g/mol. The summed E-state index contributed by atoms with van der Waals surface area (Å²) < 4.78 is 0. The smallest absolute Gasteiger partial charge is 0.0105 e. The molecule has 0 nitrogen and oxygen atoms in total. The molecule has 0 heterocycles. The fraction of sp³-hybridized carbons (Fsp3) is 0.647. The zero-order valence-electron chi connectivity index (χ0n) is 11.2. The van der Waals surface area contributed by atoms with Crippen molar-refractivity contribution >= 4 is 0 Å². The molecule has 0 radical (unpaired) electrons. The van der Waals surface area contributed by atoms with Gasteiger partial charge in [-0.15, -0.1) is 0 Å². The third kappa shape index (κ3) is 0.687. The monoisotopic (exact) mass is 226 g/mol. The summed E-state index contributed by atoms with van der Waals surface area (Å²) >= 11 is 0. The van der Waals surface area contributed by atoms with Crippen LogP contribution in [0.5, 0.6) is 0 Å². The van der Waals surface area contributed by atoms with Gasteiger partial charge in [-0.3, -0.25) is 0 Å². The van der Waals surface area contributed by atoms with Crippen molar-refractivity contribution in [1.29, 1.82) is 0 Å². The van der Waals surface area contributed by atoms with Crippen LogP contribution < -0.4 is 0 Å². The first-order valence-corrected chi connectivity index (χ1v) is 7.20. The van der Waals surface area contributed by atoms with E-state index in [4.69, 9.17) is 0 Å². The maximum Gasteiger partial charge on any atom is 0.0105 e. The SMILES string of the molecule is CC[C@]1(C)[C@@]2(C)[C@@H]3CC[C@@H]3[C@@]12c1ccccc1. The molecule has 3 aliphatic carbocycles. The molecule has 3 saturated carbocycles. The third-order valence-electron chi connectivity index (χ3n) is 7.28. The fourth-order valence-electron chi connectivity index (χ4n) is 6.34. The van der Waals surface area contributed by atoms with E-state index in [2.05, 4.69) is 51.1 Å². The molecule has 1 aromatic rings. The molecule has 5 atom stereocenters. The molecule has 17 heavy (non-hydrogen) atoms. The summed E-state index contributed by atoms with van der Waals surface area (Å²) in [6.45, 7) is 7.52. The zero-order valence-corrected chi connectivity index (χ0v) is 11.2. The minimum atomic E-state index is 0.541. The normalized spacial score (nSPS) is 54.1. The molecule has 90 valence electrons. The third-order valence-corrected chi connectivity index (χ3v) is 7.28. The van der Waals surface area contributed by atoms with Crippen molar-refractivity contribution in [2.45, 2.75) is 45.4 Å². The molecular weight excluding hydrogens is 204 g/mol. The highest BCUT2D eigenvalue weighted by molar-refractivity contribution is 5.55. The Balaban J connectivity index is 1.89. The van der Waals surface area contributed by atoms with Gasteiger partial charge < -0.3 is 0 Å². The second-order valence-corrected chi connectivity index (χ2v) is 6.85. The van der Waals surface area contributed by atoms with Crippen molar-refractivity contribution in [2.24, 2.45) is 22.7 Å². The van der Waals surface area contributed by atoms with E-state index in [0.717, 1.165) is 11.8 Å². The Morgan fingerprint density at radius 3 is 2.24 bits per heavy atom. The van der Waals surface area contributed by atoms with E-state index in [1.165, 1.54) is 19.3 Å². The van der Waals surface area contributed by atoms with Gasteiger partial charge in [0.25, 0.3) is 0 Å². The summed E-state index contributed by atoms with van der Waals surface area (Å²) in [5.74, 6) is 2.03. The molecule has 0 aliphatic heterocycles. The van der Waals surface area contributed by atoms with Gasteiger partial charge in [0.1, 0.15) is 0 Å². The van der Waals surface area contributed by atoms with E-state index in [1.54, 1.807) is 5.56 Å². The molecule has 0 saturated heterocycles. The second-order valence-electron chi connectivity index (χ2n) is 6.85. The number of benzene rings is 1. The molecule has 0 unspecified atom stereocenters. The van der Waals surface area contributed by atoms with Gasteiger partial charge in [-0.2, -0.15) is 0 Å². The van der Waals surface area contributed by atoms with Gasteiger partial charge in [-0.05, 0) is 47.5 Å². The van der Waals surface area contributed by atoms with Gasteiger partial charge in [0, 0.05) is 5.41 Å². The van der Waals surface area contributed by atoms with Crippen LogP contribution in [0.25, 0.3) is 0 Å². The molecule has 0 aromatic heterocycles. The molecule has 3 aliphatic rings. The van der Waals surface area contributed by atoms with Crippen molar-refractivity contribution in [3.05, 3.63) is 35.9 Å². The van der Waals surface area contributed by atoms with Crippen LogP contribution in [0, 0.1) is 22.7 Å². The lowest BCUT2D eigenvalue weighted by molar-refractivity contribution is -0.0483. The van der Waals surface area contributed by atoms with Crippen molar-refractivity contribution in [3.8, 4) is 0 Å². The molecule has 1 aromatic carbocycles. The molecule has 4 rings (SSSR count). The quantitative estimate of drug-likeness (QED) is 0.701. The number of fused-ring (bicyclic) bond motifs is 4. The lowest BCUT2D eigenvalue weighted by Gasteiger charge is -2.58. The summed E-state index contributed by atoms with van der Waals surface area (Å²) in [5.41, 5.74) is 3.35. The van der Waals surface area contributed by atoms with Crippen molar-refractivity contribution in [1.82, 2.24) is 0 Å². The van der Waals surface area contributed by atoms with Crippen LogP contribution in [0.4, 0.5) is 0 Å². The molecule has 0 spiro atoms. The lowest BCUT2D eigenvalue weighted by Crippen LogP contribution is -2.54. The minimum Gasteiger partial charge on any atom is -0.0648 e. The van der Waals surface area contributed by atoms with Crippen LogP contribution in [0.15, 0.2) is 30.3 Å². The lowest BCUT2D eigenvalue weighted by atomic mass is 9.46. The first kappa shape index (κ1) is 10.2. The van der Waals surface area contributed by atoms with Gasteiger partial charge in [0.2, 0.25) is 0 Å². The first-order valence-electron chi connectivity index (χ1n) is 7.20. The fourth-order valence-corrected chi connectivity index (χ4v) is 6.34. The molecular formula is C17H22. The van der Waals surface area contributed by atoms with Crippen LogP contribution in [0.3, 0.4) is 0 Å².